The molecule has 1 fully saturated rings. The van der Waals surface area contributed by atoms with Crippen LogP contribution in [-0.2, 0) is 11.3 Å². The molecule has 0 spiro atoms. The molecule has 1 saturated heterocycles. The molecular formula is C23H22N2O3. The van der Waals surface area contributed by atoms with Crippen LogP contribution in [0.1, 0.15) is 15.9 Å². The topological polar surface area (TPSA) is 49.9 Å². The zero-order valence-corrected chi connectivity index (χ0v) is 15.6. The smallest absolute Gasteiger partial charge is 0.410 e. The molecule has 2 amide bonds. The van der Waals surface area contributed by atoms with Crippen LogP contribution in [0.3, 0.4) is 0 Å². The van der Waals surface area contributed by atoms with Gasteiger partial charge in [0, 0.05) is 31.7 Å². The average Bonchev–Trinajstić information content (AvgIpc) is 2.77. The van der Waals surface area contributed by atoms with Crippen molar-refractivity contribution in [3.8, 4) is 0 Å². The predicted octanol–water partition coefficient (Wildman–Crippen LogP) is 3.93. The number of hydrogen-bond donors (Lipinski definition) is 0. The molecule has 0 N–H and O–H groups in total. The number of amides is 2. The van der Waals surface area contributed by atoms with Gasteiger partial charge in [-0.05, 0) is 28.5 Å². The molecular weight excluding hydrogens is 352 g/mol. The fourth-order valence-corrected chi connectivity index (χ4v) is 3.41. The van der Waals surface area contributed by atoms with E-state index in [0.717, 1.165) is 16.3 Å². The average molecular weight is 374 g/mol. The Morgan fingerprint density at radius 2 is 1.39 bits per heavy atom. The molecule has 0 aliphatic carbocycles. The SMILES string of the molecule is O=C(OCc1ccccc1)N1CCN(C(=O)c2ccc3ccccc3c2)CC1. The number of benzene rings is 3. The highest BCUT2D eigenvalue weighted by Crippen LogP contribution is 2.18. The van der Waals surface area contributed by atoms with Crippen LogP contribution in [0.25, 0.3) is 10.8 Å². The van der Waals surface area contributed by atoms with Crippen LogP contribution in [0.15, 0.2) is 72.8 Å². The lowest BCUT2D eigenvalue weighted by Crippen LogP contribution is -2.50. The van der Waals surface area contributed by atoms with Gasteiger partial charge in [-0.3, -0.25) is 4.79 Å². The number of fused-ring (bicyclic) bond motifs is 1. The summed E-state index contributed by atoms with van der Waals surface area (Å²) in [4.78, 5) is 28.5. The fraction of sp³-hybridized carbons (Fsp3) is 0.217. The van der Waals surface area contributed by atoms with Gasteiger partial charge in [-0.15, -0.1) is 0 Å². The zero-order chi connectivity index (χ0) is 19.3. The molecule has 1 aliphatic heterocycles. The summed E-state index contributed by atoms with van der Waals surface area (Å²) in [5, 5.41) is 2.17. The molecule has 0 atom stereocenters. The molecule has 3 aromatic carbocycles. The fourth-order valence-electron chi connectivity index (χ4n) is 3.41. The summed E-state index contributed by atoms with van der Waals surface area (Å²) in [5.41, 5.74) is 1.64. The van der Waals surface area contributed by atoms with Crippen molar-refractivity contribution in [2.24, 2.45) is 0 Å². The van der Waals surface area contributed by atoms with E-state index in [-0.39, 0.29) is 18.6 Å². The van der Waals surface area contributed by atoms with E-state index in [2.05, 4.69) is 0 Å². The van der Waals surface area contributed by atoms with Crippen molar-refractivity contribution in [1.29, 1.82) is 0 Å². The second-order valence-electron chi connectivity index (χ2n) is 6.88. The Hall–Kier alpha value is -3.34. The van der Waals surface area contributed by atoms with Gasteiger partial charge in [0.1, 0.15) is 6.61 Å². The summed E-state index contributed by atoms with van der Waals surface area (Å²) in [7, 11) is 0. The summed E-state index contributed by atoms with van der Waals surface area (Å²) in [6, 6.07) is 23.4. The molecule has 1 aliphatic rings. The van der Waals surface area contributed by atoms with Crippen LogP contribution in [0.2, 0.25) is 0 Å². The van der Waals surface area contributed by atoms with Gasteiger partial charge in [0.05, 0.1) is 0 Å². The third-order valence-corrected chi connectivity index (χ3v) is 5.03. The lowest BCUT2D eigenvalue weighted by atomic mass is 10.1. The lowest BCUT2D eigenvalue weighted by molar-refractivity contribution is 0.0544. The van der Waals surface area contributed by atoms with E-state index in [9.17, 15) is 9.59 Å². The van der Waals surface area contributed by atoms with Crippen LogP contribution in [-0.4, -0.2) is 48.0 Å². The van der Waals surface area contributed by atoms with Gasteiger partial charge >= 0.3 is 6.09 Å². The molecule has 5 heteroatoms. The van der Waals surface area contributed by atoms with Crippen molar-refractivity contribution >= 4 is 22.8 Å². The van der Waals surface area contributed by atoms with Gasteiger partial charge in [-0.25, -0.2) is 4.79 Å². The van der Waals surface area contributed by atoms with Crippen molar-refractivity contribution in [3.05, 3.63) is 83.9 Å². The van der Waals surface area contributed by atoms with Gasteiger partial charge in [0.2, 0.25) is 0 Å². The quantitative estimate of drug-likeness (QED) is 0.698. The highest BCUT2D eigenvalue weighted by atomic mass is 16.6. The monoisotopic (exact) mass is 374 g/mol. The summed E-state index contributed by atoms with van der Waals surface area (Å²) in [6.07, 6.45) is -0.332. The highest BCUT2D eigenvalue weighted by Gasteiger charge is 2.25. The van der Waals surface area contributed by atoms with E-state index in [1.807, 2.05) is 72.8 Å². The van der Waals surface area contributed by atoms with Gasteiger partial charge in [0.25, 0.3) is 5.91 Å². The summed E-state index contributed by atoms with van der Waals surface area (Å²) in [6.45, 7) is 2.23. The molecule has 142 valence electrons. The van der Waals surface area contributed by atoms with Crippen molar-refractivity contribution in [1.82, 2.24) is 9.80 Å². The Labute approximate surface area is 164 Å². The predicted molar refractivity (Wildman–Crippen MR) is 108 cm³/mol. The molecule has 3 aromatic rings. The third-order valence-electron chi connectivity index (χ3n) is 5.03. The van der Waals surface area contributed by atoms with E-state index in [0.29, 0.717) is 31.7 Å². The highest BCUT2D eigenvalue weighted by molar-refractivity contribution is 5.98. The summed E-state index contributed by atoms with van der Waals surface area (Å²) < 4.78 is 5.38. The molecule has 5 nitrogen and oxygen atoms in total. The van der Waals surface area contributed by atoms with Crippen molar-refractivity contribution in [3.63, 3.8) is 0 Å². The lowest BCUT2D eigenvalue weighted by Gasteiger charge is -2.34. The van der Waals surface area contributed by atoms with Gasteiger partial charge in [-0.2, -0.15) is 0 Å². The number of piperazine rings is 1. The zero-order valence-electron chi connectivity index (χ0n) is 15.6. The second-order valence-corrected chi connectivity index (χ2v) is 6.88. The number of nitrogens with zero attached hydrogens (tertiary/aromatic N) is 2. The Morgan fingerprint density at radius 1 is 0.750 bits per heavy atom. The van der Waals surface area contributed by atoms with E-state index < -0.39 is 0 Å². The van der Waals surface area contributed by atoms with Crippen molar-refractivity contribution in [2.45, 2.75) is 6.61 Å². The maximum Gasteiger partial charge on any atom is 0.410 e. The number of hydrogen-bond acceptors (Lipinski definition) is 3. The normalized spacial score (nSPS) is 14.1. The standard InChI is InChI=1S/C23H22N2O3/c26-22(21-11-10-19-8-4-5-9-20(19)16-21)24-12-14-25(15-13-24)23(27)28-17-18-6-2-1-3-7-18/h1-11,16H,12-15,17H2. The Kier molecular flexibility index (Phi) is 5.24. The van der Waals surface area contributed by atoms with Crippen molar-refractivity contribution in [2.75, 3.05) is 26.2 Å². The maximum atomic E-state index is 12.8. The van der Waals surface area contributed by atoms with Crippen LogP contribution in [0, 0.1) is 0 Å². The largest absolute Gasteiger partial charge is 0.445 e. The first kappa shape index (κ1) is 18.0. The van der Waals surface area contributed by atoms with E-state index in [1.54, 1.807) is 9.80 Å². The summed E-state index contributed by atoms with van der Waals surface area (Å²) in [5.74, 6) is 0.00283. The van der Waals surface area contributed by atoms with E-state index in [1.165, 1.54) is 0 Å². The second kappa shape index (κ2) is 8.13. The molecule has 1 heterocycles. The van der Waals surface area contributed by atoms with Crippen LogP contribution >= 0.6 is 0 Å². The van der Waals surface area contributed by atoms with E-state index >= 15 is 0 Å². The van der Waals surface area contributed by atoms with Gasteiger partial charge in [-0.1, -0.05) is 60.7 Å². The minimum Gasteiger partial charge on any atom is -0.445 e. The van der Waals surface area contributed by atoms with E-state index in [4.69, 9.17) is 4.74 Å². The molecule has 0 unspecified atom stereocenters. The van der Waals surface area contributed by atoms with Gasteiger partial charge in [0.15, 0.2) is 0 Å². The molecule has 4 rings (SSSR count). The first-order valence-corrected chi connectivity index (χ1v) is 9.44. The number of rotatable bonds is 3. The van der Waals surface area contributed by atoms with Gasteiger partial charge < -0.3 is 14.5 Å². The number of carbonyl (C=O) groups excluding carboxylic acids is 2. The number of ether oxygens (including phenoxy) is 1. The Morgan fingerprint density at radius 3 is 2.14 bits per heavy atom. The Balaban J connectivity index is 1.32. The molecule has 0 radical (unpaired) electrons. The first-order valence-electron chi connectivity index (χ1n) is 9.44. The minimum atomic E-state index is -0.332. The van der Waals surface area contributed by atoms with Crippen LogP contribution in [0.4, 0.5) is 4.79 Å². The van der Waals surface area contributed by atoms with Crippen LogP contribution in [0.5, 0.6) is 0 Å². The molecule has 0 bridgehead atoms. The first-order chi connectivity index (χ1) is 13.7. The molecule has 0 saturated carbocycles. The van der Waals surface area contributed by atoms with Crippen LogP contribution < -0.4 is 0 Å². The maximum absolute atomic E-state index is 12.8. The molecule has 0 aromatic heterocycles. The summed E-state index contributed by atoms with van der Waals surface area (Å²) >= 11 is 0. The third kappa shape index (κ3) is 3.98. The molecule has 28 heavy (non-hydrogen) atoms. The minimum absolute atomic E-state index is 0.00283. The van der Waals surface area contributed by atoms with Crippen molar-refractivity contribution < 1.29 is 14.3 Å². The Bertz CT molecular complexity index is 979. The number of carbonyl (C=O) groups is 2.